The van der Waals surface area contributed by atoms with E-state index in [-0.39, 0.29) is 17.0 Å². The lowest BCUT2D eigenvalue weighted by Gasteiger charge is -2.56. The molecule has 1 atom stereocenters. The molecule has 4 saturated carbocycles. The van der Waals surface area contributed by atoms with Gasteiger partial charge in [-0.05, 0) is 81.3 Å². The van der Waals surface area contributed by atoms with E-state index < -0.39 is 23.6 Å². The van der Waals surface area contributed by atoms with Crippen molar-refractivity contribution in [3.05, 3.63) is 29.8 Å². The Morgan fingerprint density at radius 3 is 2.32 bits per heavy atom. The summed E-state index contributed by atoms with van der Waals surface area (Å²) < 4.78 is 27.4. The molecule has 1 N–H and O–H groups in total. The fraction of sp³-hybridized carbons (Fsp3) is 0.636. The van der Waals surface area contributed by atoms with Gasteiger partial charge in [0.05, 0.1) is 11.1 Å². The number of benzene rings is 1. The summed E-state index contributed by atoms with van der Waals surface area (Å²) in [6.45, 7) is 0.574. The van der Waals surface area contributed by atoms with Crippen LogP contribution in [0, 0.1) is 34.8 Å². The molecule has 1 aliphatic heterocycles. The molecule has 0 aromatic heterocycles. The predicted octanol–water partition coefficient (Wildman–Crippen LogP) is 4.11. The second-order valence-electron chi connectivity index (χ2n) is 9.45. The maximum absolute atomic E-state index is 13.9. The van der Waals surface area contributed by atoms with Crippen molar-refractivity contribution in [2.45, 2.75) is 57.4 Å². The summed E-state index contributed by atoms with van der Waals surface area (Å²) in [5, 5.41) is 2.50. The zero-order valence-corrected chi connectivity index (χ0v) is 15.9. The predicted molar refractivity (Wildman–Crippen MR) is 100 cm³/mol. The molecule has 5 aliphatic rings. The average Bonchev–Trinajstić information content (AvgIpc) is 3.13. The van der Waals surface area contributed by atoms with Crippen molar-refractivity contribution in [3.63, 3.8) is 0 Å². The molecule has 4 aliphatic carbocycles. The van der Waals surface area contributed by atoms with E-state index in [1.807, 2.05) is 0 Å². The number of anilines is 1. The number of hydrogen-bond donors (Lipinski definition) is 1. The number of rotatable bonds is 3. The maximum atomic E-state index is 13.9. The molecule has 1 saturated heterocycles. The molecule has 6 heteroatoms. The zero-order chi connectivity index (χ0) is 19.5. The summed E-state index contributed by atoms with van der Waals surface area (Å²) in [7, 11) is 0. The normalized spacial score (nSPS) is 36.0. The molecule has 2 amide bonds. The van der Waals surface area contributed by atoms with E-state index in [2.05, 4.69) is 5.32 Å². The first-order valence-electron chi connectivity index (χ1n) is 10.5. The highest BCUT2D eigenvalue weighted by Gasteiger charge is 2.56. The molecular formula is C22H26F2N2O2. The Kier molecular flexibility index (Phi) is 4.21. The highest BCUT2D eigenvalue weighted by molar-refractivity contribution is 5.98. The lowest BCUT2D eigenvalue weighted by atomic mass is 9.49. The number of carbonyl (C=O) groups is 2. The third kappa shape index (κ3) is 2.83. The number of carbonyl (C=O) groups excluding carboxylic acids is 2. The fourth-order valence-corrected chi connectivity index (χ4v) is 6.78. The molecule has 28 heavy (non-hydrogen) atoms. The Hall–Kier alpha value is -1.98. The van der Waals surface area contributed by atoms with Crippen LogP contribution in [0.15, 0.2) is 18.2 Å². The molecule has 6 rings (SSSR count). The van der Waals surface area contributed by atoms with Crippen LogP contribution in [-0.4, -0.2) is 29.3 Å². The molecule has 1 aromatic rings. The van der Waals surface area contributed by atoms with Gasteiger partial charge in [-0.2, -0.15) is 0 Å². The van der Waals surface area contributed by atoms with Crippen LogP contribution in [0.5, 0.6) is 0 Å². The van der Waals surface area contributed by atoms with Crippen molar-refractivity contribution in [1.82, 2.24) is 4.90 Å². The molecule has 0 radical (unpaired) electrons. The van der Waals surface area contributed by atoms with E-state index in [4.69, 9.17) is 0 Å². The number of nitrogens with one attached hydrogen (secondary N) is 1. The van der Waals surface area contributed by atoms with Gasteiger partial charge in [0.15, 0.2) is 11.6 Å². The SMILES string of the molecule is O=C(Nc1cccc(F)c1F)C1CCCN1C(=O)C12CC3CC(CC(C3)C1)C2. The van der Waals surface area contributed by atoms with Crippen LogP contribution in [0.3, 0.4) is 0 Å². The monoisotopic (exact) mass is 388 g/mol. The van der Waals surface area contributed by atoms with Crippen molar-refractivity contribution >= 4 is 17.5 Å². The topological polar surface area (TPSA) is 49.4 Å². The van der Waals surface area contributed by atoms with Crippen molar-refractivity contribution < 1.29 is 18.4 Å². The minimum Gasteiger partial charge on any atom is -0.330 e. The van der Waals surface area contributed by atoms with Crippen molar-refractivity contribution in [1.29, 1.82) is 0 Å². The van der Waals surface area contributed by atoms with Gasteiger partial charge in [0.1, 0.15) is 6.04 Å². The molecular weight excluding hydrogens is 362 g/mol. The number of likely N-dealkylation sites (tertiary alicyclic amines) is 1. The van der Waals surface area contributed by atoms with Gasteiger partial charge in [0.2, 0.25) is 11.8 Å². The van der Waals surface area contributed by atoms with E-state index in [0.29, 0.717) is 30.7 Å². The first kappa shape index (κ1) is 18.1. The minimum atomic E-state index is -1.06. The molecule has 5 fully saturated rings. The highest BCUT2D eigenvalue weighted by Crippen LogP contribution is 2.60. The minimum absolute atomic E-state index is 0.129. The lowest BCUT2D eigenvalue weighted by molar-refractivity contribution is -0.160. The number of amides is 2. The van der Waals surface area contributed by atoms with Crippen LogP contribution < -0.4 is 5.32 Å². The van der Waals surface area contributed by atoms with Crippen LogP contribution in [0.4, 0.5) is 14.5 Å². The van der Waals surface area contributed by atoms with Crippen LogP contribution in [-0.2, 0) is 9.59 Å². The first-order chi connectivity index (χ1) is 13.4. The molecule has 150 valence electrons. The number of halogens is 2. The summed E-state index contributed by atoms with van der Waals surface area (Å²) in [6.07, 6.45) is 7.99. The zero-order valence-electron chi connectivity index (χ0n) is 15.9. The summed E-state index contributed by atoms with van der Waals surface area (Å²) in [6, 6.07) is 3.13. The second kappa shape index (κ2) is 6.53. The Morgan fingerprint density at radius 1 is 1.04 bits per heavy atom. The molecule has 1 aromatic carbocycles. The first-order valence-corrected chi connectivity index (χ1v) is 10.5. The summed E-state index contributed by atoms with van der Waals surface area (Å²) in [5.74, 6) is -0.369. The Morgan fingerprint density at radius 2 is 1.68 bits per heavy atom. The van der Waals surface area contributed by atoms with Crippen LogP contribution in [0.1, 0.15) is 51.4 Å². The summed E-state index contributed by atoms with van der Waals surface area (Å²) in [4.78, 5) is 28.2. The Balaban J connectivity index is 1.35. The molecule has 1 heterocycles. The standard InChI is InChI=1S/C22H26F2N2O2/c23-16-3-1-4-17(19(16)24)25-20(27)18-5-2-6-26(18)21(28)22-10-13-7-14(11-22)9-15(8-13)12-22/h1,3-4,13-15,18H,2,5-12H2,(H,25,27). The van der Waals surface area contributed by atoms with Gasteiger partial charge in [0.25, 0.3) is 0 Å². The number of hydrogen-bond acceptors (Lipinski definition) is 2. The van der Waals surface area contributed by atoms with Crippen LogP contribution >= 0.6 is 0 Å². The third-order valence-electron chi connectivity index (χ3n) is 7.52. The molecule has 1 unspecified atom stereocenters. The maximum Gasteiger partial charge on any atom is 0.247 e. The smallest absolute Gasteiger partial charge is 0.247 e. The van der Waals surface area contributed by atoms with Gasteiger partial charge in [-0.1, -0.05) is 6.07 Å². The Bertz CT molecular complexity index is 789. The van der Waals surface area contributed by atoms with E-state index >= 15 is 0 Å². The summed E-state index contributed by atoms with van der Waals surface area (Å²) in [5.41, 5.74) is -0.457. The van der Waals surface area contributed by atoms with Gasteiger partial charge in [-0.15, -0.1) is 0 Å². The Labute approximate surface area is 163 Å². The lowest BCUT2D eigenvalue weighted by Crippen LogP contribution is -2.56. The van der Waals surface area contributed by atoms with E-state index in [0.717, 1.165) is 31.7 Å². The largest absolute Gasteiger partial charge is 0.330 e. The van der Waals surface area contributed by atoms with E-state index in [1.165, 1.54) is 31.4 Å². The van der Waals surface area contributed by atoms with E-state index in [9.17, 15) is 18.4 Å². The molecule has 4 nitrogen and oxygen atoms in total. The van der Waals surface area contributed by atoms with Crippen molar-refractivity contribution in [3.8, 4) is 0 Å². The van der Waals surface area contributed by atoms with Crippen molar-refractivity contribution in [2.75, 3.05) is 11.9 Å². The van der Waals surface area contributed by atoms with Crippen LogP contribution in [0.2, 0.25) is 0 Å². The molecule has 4 bridgehead atoms. The fourth-order valence-electron chi connectivity index (χ4n) is 6.78. The van der Waals surface area contributed by atoms with E-state index in [1.54, 1.807) is 4.90 Å². The summed E-state index contributed by atoms with van der Waals surface area (Å²) >= 11 is 0. The average molecular weight is 388 g/mol. The third-order valence-corrected chi connectivity index (χ3v) is 7.52. The van der Waals surface area contributed by atoms with Crippen molar-refractivity contribution in [2.24, 2.45) is 23.2 Å². The second-order valence-corrected chi connectivity index (χ2v) is 9.45. The van der Waals surface area contributed by atoms with Gasteiger partial charge in [-0.3, -0.25) is 9.59 Å². The van der Waals surface area contributed by atoms with Gasteiger partial charge < -0.3 is 10.2 Å². The number of nitrogens with zero attached hydrogens (tertiary/aromatic N) is 1. The van der Waals surface area contributed by atoms with Crippen LogP contribution in [0.25, 0.3) is 0 Å². The van der Waals surface area contributed by atoms with Gasteiger partial charge >= 0.3 is 0 Å². The quantitative estimate of drug-likeness (QED) is 0.847. The van der Waals surface area contributed by atoms with Gasteiger partial charge in [-0.25, -0.2) is 8.78 Å². The highest BCUT2D eigenvalue weighted by atomic mass is 19.2. The van der Waals surface area contributed by atoms with Gasteiger partial charge in [0, 0.05) is 6.54 Å². The molecule has 0 spiro atoms.